The zero-order chi connectivity index (χ0) is 18.6. The van der Waals surface area contributed by atoms with Crippen LogP contribution in [0.5, 0.6) is 0 Å². The number of nitrogens with one attached hydrogen (secondary N) is 1. The Morgan fingerprint density at radius 1 is 1.48 bits per heavy atom. The molecule has 1 N–H and O–H groups in total. The van der Waals surface area contributed by atoms with Crippen LogP contribution in [0.25, 0.3) is 11.2 Å². The number of fused-ring (bicyclic) bond motifs is 1. The fourth-order valence-electron chi connectivity index (χ4n) is 2.25. The lowest BCUT2D eigenvalue weighted by atomic mass is 10.0. The van der Waals surface area contributed by atoms with Crippen molar-refractivity contribution in [2.45, 2.75) is 13.8 Å². The Morgan fingerprint density at radius 3 is 2.80 bits per heavy atom. The van der Waals surface area contributed by atoms with Crippen LogP contribution in [0.4, 0.5) is 0 Å². The van der Waals surface area contributed by atoms with Gasteiger partial charge in [0.25, 0.3) is 5.91 Å². The topological polar surface area (TPSA) is 104 Å². The smallest absolute Gasteiger partial charge is 0.255 e. The van der Waals surface area contributed by atoms with E-state index < -0.39 is 5.91 Å². The minimum Gasteiger partial charge on any atom is -0.343 e. The van der Waals surface area contributed by atoms with Gasteiger partial charge in [0.2, 0.25) is 5.91 Å². The summed E-state index contributed by atoms with van der Waals surface area (Å²) in [6.07, 6.45) is 3.01. The van der Waals surface area contributed by atoms with Crippen molar-refractivity contribution in [2.24, 2.45) is 5.92 Å². The predicted molar refractivity (Wildman–Crippen MR) is 99.0 cm³/mol. The zero-order valence-corrected chi connectivity index (χ0v) is 16.2. The number of nitrogens with zero attached hydrogens (tertiary/aromatic N) is 5. The van der Waals surface area contributed by atoms with Crippen molar-refractivity contribution in [3.8, 4) is 6.07 Å². The molecule has 1 fully saturated rings. The second-order valence-electron chi connectivity index (χ2n) is 5.06. The van der Waals surface area contributed by atoms with Crippen molar-refractivity contribution in [1.29, 1.82) is 5.26 Å². The van der Waals surface area contributed by atoms with E-state index in [2.05, 4.69) is 50.1 Å². The van der Waals surface area contributed by atoms with Gasteiger partial charge in [-0.05, 0) is 15.9 Å². The molecule has 8 nitrogen and oxygen atoms in total. The third kappa shape index (κ3) is 4.11. The standard InChI is InChI=1S/C13H11BrN6O2S.C2H6/c14-9-2-16-12-11(18-9)8(6-20(12)23)13(22)17-3-10(21)19-4-7(1-15)5-19;1-2/h2,6-7,23H,3-5H2,(H,17,22);1-2H3. The molecule has 0 spiro atoms. The first-order valence-corrected chi connectivity index (χ1v) is 8.87. The summed E-state index contributed by atoms with van der Waals surface area (Å²) < 4.78 is 1.90. The molecule has 0 aromatic carbocycles. The summed E-state index contributed by atoms with van der Waals surface area (Å²) in [7, 11) is 0. The molecule has 0 saturated carbocycles. The maximum Gasteiger partial charge on any atom is 0.255 e. The summed E-state index contributed by atoms with van der Waals surface area (Å²) in [4.78, 5) is 34.1. The number of carbonyl (C=O) groups excluding carboxylic acids is 2. The number of halogens is 1. The van der Waals surface area contributed by atoms with E-state index in [0.29, 0.717) is 28.9 Å². The molecule has 1 aliphatic rings. The molecule has 2 aromatic rings. The number of thiol groups is 1. The molecule has 2 aromatic heterocycles. The predicted octanol–water partition coefficient (Wildman–Crippen LogP) is 1.62. The van der Waals surface area contributed by atoms with E-state index in [4.69, 9.17) is 5.26 Å². The molecule has 25 heavy (non-hydrogen) atoms. The number of rotatable bonds is 3. The SMILES string of the molecule is CC.N#CC1CN(C(=O)CNC(=O)c2cn(S)c3ncc(Br)nc23)C1. The van der Waals surface area contributed by atoms with Gasteiger partial charge in [-0.3, -0.25) is 13.6 Å². The molecular formula is C15H17BrN6O2S. The highest BCUT2D eigenvalue weighted by atomic mass is 79.9. The van der Waals surface area contributed by atoms with E-state index in [0.717, 1.165) is 0 Å². The highest BCUT2D eigenvalue weighted by Gasteiger charge is 2.30. The number of hydrogen-bond acceptors (Lipinski definition) is 6. The lowest BCUT2D eigenvalue weighted by molar-refractivity contribution is -0.135. The maximum absolute atomic E-state index is 12.3. The Hall–Kier alpha value is -2.12. The van der Waals surface area contributed by atoms with E-state index >= 15 is 0 Å². The number of carbonyl (C=O) groups is 2. The van der Waals surface area contributed by atoms with Gasteiger partial charge < -0.3 is 10.2 Å². The van der Waals surface area contributed by atoms with Gasteiger partial charge in [0, 0.05) is 19.3 Å². The molecule has 3 rings (SSSR count). The Kier molecular flexibility index (Phi) is 6.39. The molecule has 0 aliphatic carbocycles. The Labute approximate surface area is 158 Å². The normalized spacial score (nSPS) is 13.5. The van der Waals surface area contributed by atoms with Gasteiger partial charge in [-0.2, -0.15) is 5.26 Å². The van der Waals surface area contributed by atoms with Crippen LogP contribution in [-0.2, 0) is 4.79 Å². The van der Waals surface area contributed by atoms with Crippen LogP contribution >= 0.6 is 28.7 Å². The zero-order valence-electron chi connectivity index (χ0n) is 13.7. The van der Waals surface area contributed by atoms with Crippen molar-refractivity contribution < 1.29 is 9.59 Å². The maximum atomic E-state index is 12.3. The van der Waals surface area contributed by atoms with Gasteiger partial charge in [-0.1, -0.05) is 26.7 Å². The molecule has 1 aliphatic heterocycles. The number of likely N-dealkylation sites (tertiary alicyclic amines) is 1. The molecule has 0 unspecified atom stereocenters. The quantitative estimate of drug-likeness (QED) is 0.728. The van der Waals surface area contributed by atoms with Crippen LogP contribution < -0.4 is 5.32 Å². The first-order chi connectivity index (χ1) is 12.0. The van der Waals surface area contributed by atoms with Gasteiger partial charge in [0.15, 0.2) is 5.65 Å². The summed E-state index contributed by atoms with van der Waals surface area (Å²) in [5.41, 5.74) is 1.13. The summed E-state index contributed by atoms with van der Waals surface area (Å²) in [6.45, 7) is 4.71. The van der Waals surface area contributed by atoms with Crippen LogP contribution in [0.2, 0.25) is 0 Å². The molecule has 1 saturated heterocycles. The van der Waals surface area contributed by atoms with Gasteiger partial charge >= 0.3 is 0 Å². The van der Waals surface area contributed by atoms with Gasteiger partial charge in [-0.15, -0.1) is 0 Å². The van der Waals surface area contributed by atoms with E-state index in [1.54, 1.807) is 0 Å². The van der Waals surface area contributed by atoms with Crippen LogP contribution in [0.15, 0.2) is 17.0 Å². The number of hydrogen-bond donors (Lipinski definition) is 2. The summed E-state index contributed by atoms with van der Waals surface area (Å²) in [6, 6.07) is 2.09. The molecule has 132 valence electrons. The van der Waals surface area contributed by atoms with E-state index in [9.17, 15) is 9.59 Å². The third-order valence-electron chi connectivity index (χ3n) is 3.51. The fraction of sp³-hybridized carbons (Fsp3) is 0.400. The molecule has 0 radical (unpaired) electrons. The molecule has 0 bridgehead atoms. The average molecular weight is 425 g/mol. The van der Waals surface area contributed by atoms with Gasteiger partial charge in [-0.25, -0.2) is 9.97 Å². The van der Waals surface area contributed by atoms with Crippen molar-refractivity contribution >= 4 is 51.7 Å². The van der Waals surface area contributed by atoms with Crippen molar-refractivity contribution in [3.63, 3.8) is 0 Å². The lowest BCUT2D eigenvalue weighted by Crippen LogP contribution is -2.52. The number of aromatic nitrogens is 3. The monoisotopic (exact) mass is 424 g/mol. The summed E-state index contributed by atoms with van der Waals surface area (Å²) >= 11 is 7.41. The second kappa shape index (κ2) is 8.31. The molecule has 10 heteroatoms. The van der Waals surface area contributed by atoms with Crippen molar-refractivity contribution in [3.05, 3.63) is 22.6 Å². The number of nitriles is 1. The molecule has 0 atom stereocenters. The highest BCUT2D eigenvalue weighted by Crippen LogP contribution is 2.20. The highest BCUT2D eigenvalue weighted by molar-refractivity contribution is 9.10. The van der Waals surface area contributed by atoms with E-state index in [1.807, 2.05) is 13.8 Å². The van der Waals surface area contributed by atoms with Crippen LogP contribution in [-0.4, -0.2) is 50.3 Å². The average Bonchev–Trinajstić information content (AvgIpc) is 2.90. The summed E-state index contributed by atoms with van der Waals surface area (Å²) in [5, 5.41) is 11.3. The fourth-order valence-corrected chi connectivity index (χ4v) is 2.79. The largest absolute Gasteiger partial charge is 0.343 e. The van der Waals surface area contributed by atoms with Gasteiger partial charge in [0.05, 0.1) is 30.3 Å². The first-order valence-electron chi connectivity index (χ1n) is 7.68. The Morgan fingerprint density at radius 2 is 2.16 bits per heavy atom. The lowest BCUT2D eigenvalue weighted by Gasteiger charge is -2.35. The Bertz CT molecular complexity index is 840. The second-order valence-corrected chi connectivity index (χ2v) is 6.30. The van der Waals surface area contributed by atoms with Gasteiger partial charge in [0.1, 0.15) is 10.1 Å². The molecular weight excluding hydrogens is 408 g/mol. The van der Waals surface area contributed by atoms with Crippen molar-refractivity contribution in [1.82, 2.24) is 24.2 Å². The third-order valence-corrected chi connectivity index (χ3v) is 4.20. The van der Waals surface area contributed by atoms with Crippen LogP contribution in [0.3, 0.4) is 0 Å². The number of amides is 2. The summed E-state index contributed by atoms with van der Waals surface area (Å²) in [5.74, 6) is -0.753. The van der Waals surface area contributed by atoms with Crippen LogP contribution in [0.1, 0.15) is 24.2 Å². The van der Waals surface area contributed by atoms with Crippen molar-refractivity contribution in [2.75, 3.05) is 19.6 Å². The van der Waals surface area contributed by atoms with E-state index in [-0.39, 0.29) is 23.9 Å². The minimum absolute atomic E-state index is 0.107. The minimum atomic E-state index is -0.430. The molecule has 3 heterocycles. The first kappa shape index (κ1) is 19.2. The molecule has 2 amide bonds. The van der Waals surface area contributed by atoms with Crippen LogP contribution in [0, 0.1) is 17.2 Å². The Balaban J connectivity index is 0.00000109. The van der Waals surface area contributed by atoms with E-state index in [1.165, 1.54) is 21.3 Å².